The first-order chi connectivity index (χ1) is 10.8. The zero-order valence-corrected chi connectivity index (χ0v) is 11.9. The molecule has 0 saturated heterocycles. The maximum atomic E-state index is 10.3. The lowest BCUT2D eigenvalue weighted by Gasteiger charge is -2.11. The number of phenolic OH excluding ortho intramolecular Hbond substituents is 1. The van der Waals surface area contributed by atoms with Crippen molar-refractivity contribution in [1.82, 2.24) is 4.98 Å². The fourth-order valence-corrected chi connectivity index (χ4v) is 2.70. The molecule has 0 amide bonds. The number of aromatic hydroxyl groups is 1. The summed E-state index contributed by atoms with van der Waals surface area (Å²) in [6.07, 6.45) is 1.69. The molecule has 5 heteroatoms. The Morgan fingerprint density at radius 1 is 1.14 bits per heavy atom. The summed E-state index contributed by atoms with van der Waals surface area (Å²) in [5, 5.41) is 11.8. The number of nitrogens with zero attached hydrogens (tertiary/aromatic N) is 1. The Kier molecular flexibility index (Phi) is 2.79. The number of phenols is 1. The number of pyridine rings is 1. The van der Waals surface area contributed by atoms with E-state index in [1.807, 2.05) is 24.3 Å². The van der Waals surface area contributed by atoms with Crippen LogP contribution in [0.4, 0.5) is 0 Å². The van der Waals surface area contributed by atoms with Gasteiger partial charge in [0.05, 0.1) is 7.11 Å². The van der Waals surface area contributed by atoms with Crippen LogP contribution >= 0.6 is 0 Å². The molecule has 0 saturated carbocycles. The highest BCUT2D eigenvalue weighted by Crippen LogP contribution is 2.41. The van der Waals surface area contributed by atoms with Gasteiger partial charge in [0, 0.05) is 22.5 Å². The van der Waals surface area contributed by atoms with E-state index in [4.69, 9.17) is 14.2 Å². The van der Waals surface area contributed by atoms with E-state index in [0.717, 1.165) is 22.3 Å². The first-order valence-corrected chi connectivity index (χ1v) is 6.82. The number of rotatable bonds is 2. The molecule has 2 heterocycles. The molecule has 0 bridgehead atoms. The molecule has 5 nitrogen and oxygen atoms in total. The van der Waals surface area contributed by atoms with Crippen LogP contribution in [0.25, 0.3) is 21.9 Å². The maximum Gasteiger partial charge on any atom is 0.231 e. The summed E-state index contributed by atoms with van der Waals surface area (Å²) < 4.78 is 16.0. The SMILES string of the molecule is COc1ncc(-c2ccc3c(c2)OCO3)c2c(O)cccc12. The smallest absolute Gasteiger partial charge is 0.231 e. The van der Waals surface area contributed by atoms with Gasteiger partial charge in [0.15, 0.2) is 11.5 Å². The fourth-order valence-electron chi connectivity index (χ4n) is 2.70. The number of aromatic nitrogens is 1. The van der Waals surface area contributed by atoms with E-state index >= 15 is 0 Å². The molecule has 1 aliphatic heterocycles. The Labute approximate surface area is 126 Å². The lowest BCUT2D eigenvalue weighted by Crippen LogP contribution is -1.93. The third kappa shape index (κ3) is 1.83. The molecule has 0 atom stereocenters. The summed E-state index contributed by atoms with van der Waals surface area (Å²) in [6, 6.07) is 11.0. The monoisotopic (exact) mass is 295 g/mol. The zero-order chi connectivity index (χ0) is 15.1. The molecular weight excluding hydrogens is 282 g/mol. The van der Waals surface area contributed by atoms with E-state index in [2.05, 4.69) is 4.98 Å². The van der Waals surface area contributed by atoms with Gasteiger partial charge < -0.3 is 19.3 Å². The Balaban J connectivity index is 1.99. The third-order valence-corrected chi connectivity index (χ3v) is 3.73. The Morgan fingerprint density at radius 2 is 2.00 bits per heavy atom. The lowest BCUT2D eigenvalue weighted by molar-refractivity contribution is 0.174. The van der Waals surface area contributed by atoms with Gasteiger partial charge in [-0.05, 0) is 29.8 Å². The Morgan fingerprint density at radius 3 is 2.86 bits per heavy atom. The lowest BCUT2D eigenvalue weighted by atomic mass is 9.99. The second-order valence-electron chi connectivity index (χ2n) is 4.95. The van der Waals surface area contributed by atoms with Gasteiger partial charge >= 0.3 is 0 Å². The molecule has 3 aromatic rings. The summed E-state index contributed by atoms with van der Waals surface area (Å²) in [5.41, 5.74) is 1.71. The highest BCUT2D eigenvalue weighted by Gasteiger charge is 2.17. The predicted octanol–water partition coefficient (Wildman–Crippen LogP) is 3.34. The number of methoxy groups -OCH3 is 1. The summed E-state index contributed by atoms with van der Waals surface area (Å²) >= 11 is 0. The van der Waals surface area contributed by atoms with E-state index in [1.54, 1.807) is 25.4 Å². The van der Waals surface area contributed by atoms with Crippen LogP contribution in [0.2, 0.25) is 0 Å². The van der Waals surface area contributed by atoms with Crippen LogP contribution in [0.15, 0.2) is 42.6 Å². The number of hydrogen-bond acceptors (Lipinski definition) is 5. The molecule has 1 N–H and O–H groups in total. The zero-order valence-electron chi connectivity index (χ0n) is 11.9. The highest BCUT2D eigenvalue weighted by atomic mass is 16.7. The standard InChI is InChI=1S/C17H13NO4/c1-20-17-11-3-2-4-13(19)16(11)12(8-18-17)10-5-6-14-15(7-10)22-9-21-14/h2-8,19H,9H2,1H3. The molecule has 0 unspecified atom stereocenters. The van der Waals surface area contributed by atoms with Gasteiger partial charge in [-0.15, -0.1) is 0 Å². The molecular formula is C17H13NO4. The second-order valence-corrected chi connectivity index (χ2v) is 4.95. The minimum Gasteiger partial charge on any atom is -0.507 e. The van der Waals surface area contributed by atoms with E-state index < -0.39 is 0 Å². The van der Waals surface area contributed by atoms with Crippen molar-refractivity contribution in [3.05, 3.63) is 42.6 Å². The topological polar surface area (TPSA) is 60.8 Å². The normalized spacial score (nSPS) is 12.6. The van der Waals surface area contributed by atoms with E-state index in [1.165, 1.54) is 0 Å². The fraction of sp³-hybridized carbons (Fsp3) is 0.118. The second kappa shape index (κ2) is 4.80. The third-order valence-electron chi connectivity index (χ3n) is 3.73. The summed E-state index contributed by atoms with van der Waals surface area (Å²) in [5.74, 6) is 2.08. The molecule has 1 aliphatic rings. The van der Waals surface area contributed by atoms with Crippen molar-refractivity contribution >= 4 is 10.8 Å². The van der Waals surface area contributed by atoms with Gasteiger partial charge in [0.2, 0.25) is 12.7 Å². The van der Waals surface area contributed by atoms with Crippen molar-refractivity contribution in [1.29, 1.82) is 0 Å². The average Bonchev–Trinajstić information content (AvgIpc) is 3.01. The highest BCUT2D eigenvalue weighted by molar-refractivity contribution is 6.02. The number of fused-ring (bicyclic) bond motifs is 2. The summed E-state index contributed by atoms with van der Waals surface area (Å²) in [7, 11) is 1.56. The van der Waals surface area contributed by atoms with Crippen LogP contribution in [-0.4, -0.2) is 24.0 Å². The minimum absolute atomic E-state index is 0.186. The van der Waals surface area contributed by atoms with Crippen molar-refractivity contribution in [2.24, 2.45) is 0 Å². The largest absolute Gasteiger partial charge is 0.507 e. The van der Waals surface area contributed by atoms with Crippen LogP contribution in [0.5, 0.6) is 23.1 Å². The average molecular weight is 295 g/mol. The molecule has 0 spiro atoms. The van der Waals surface area contributed by atoms with Gasteiger partial charge in [-0.3, -0.25) is 0 Å². The van der Waals surface area contributed by atoms with Crippen LogP contribution in [0, 0.1) is 0 Å². The molecule has 4 rings (SSSR count). The van der Waals surface area contributed by atoms with E-state index in [-0.39, 0.29) is 12.5 Å². The first-order valence-electron chi connectivity index (χ1n) is 6.82. The summed E-state index contributed by atoms with van der Waals surface area (Å²) in [4.78, 5) is 4.33. The number of ether oxygens (including phenoxy) is 3. The van der Waals surface area contributed by atoms with Crippen LogP contribution < -0.4 is 14.2 Å². The van der Waals surface area contributed by atoms with Crippen molar-refractivity contribution in [3.8, 4) is 34.3 Å². The van der Waals surface area contributed by atoms with Gasteiger partial charge in [-0.25, -0.2) is 4.98 Å². The minimum atomic E-state index is 0.186. The predicted molar refractivity (Wildman–Crippen MR) is 81.5 cm³/mol. The van der Waals surface area contributed by atoms with Crippen LogP contribution in [0.1, 0.15) is 0 Å². The first kappa shape index (κ1) is 12.8. The maximum absolute atomic E-state index is 10.3. The van der Waals surface area contributed by atoms with Gasteiger partial charge in [-0.2, -0.15) is 0 Å². The molecule has 2 aromatic carbocycles. The Hall–Kier alpha value is -2.95. The van der Waals surface area contributed by atoms with Gasteiger partial charge in [0.25, 0.3) is 0 Å². The van der Waals surface area contributed by atoms with Crippen molar-refractivity contribution in [3.63, 3.8) is 0 Å². The van der Waals surface area contributed by atoms with Crippen LogP contribution in [0.3, 0.4) is 0 Å². The van der Waals surface area contributed by atoms with Gasteiger partial charge in [-0.1, -0.05) is 12.1 Å². The molecule has 0 aliphatic carbocycles. The molecule has 22 heavy (non-hydrogen) atoms. The summed E-state index contributed by atoms with van der Waals surface area (Å²) in [6.45, 7) is 0.228. The van der Waals surface area contributed by atoms with Crippen LogP contribution in [-0.2, 0) is 0 Å². The number of benzene rings is 2. The van der Waals surface area contributed by atoms with E-state index in [0.29, 0.717) is 17.0 Å². The number of hydrogen-bond donors (Lipinski definition) is 1. The molecule has 0 fully saturated rings. The van der Waals surface area contributed by atoms with Crippen molar-refractivity contribution < 1.29 is 19.3 Å². The molecule has 110 valence electrons. The molecule has 1 aromatic heterocycles. The quantitative estimate of drug-likeness (QED) is 0.785. The molecule has 0 radical (unpaired) electrons. The van der Waals surface area contributed by atoms with Gasteiger partial charge in [0.1, 0.15) is 5.75 Å². The van der Waals surface area contributed by atoms with Crippen molar-refractivity contribution in [2.75, 3.05) is 13.9 Å². The van der Waals surface area contributed by atoms with E-state index in [9.17, 15) is 5.11 Å². The Bertz CT molecular complexity index is 876. The van der Waals surface area contributed by atoms with Crippen molar-refractivity contribution in [2.45, 2.75) is 0 Å².